The number of nitrogens with one attached hydrogen (secondary N) is 1. The molecule has 0 saturated heterocycles. The summed E-state index contributed by atoms with van der Waals surface area (Å²) in [6.07, 6.45) is 2.63. The number of amides is 1. The van der Waals surface area contributed by atoms with Crippen LogP contribution in [0.5, 0.6) is 0 Å². The number of hydrogen-bond acceptors (Lipinski definition) is 3. The second-order valence-electron chi connectivity index (χ2n) is 5.64. The van der Waals surface area contributed by atoms with E-state index in [4.69, 9.17) is 9.84 Å². The zero-order valence-electron chi connectivity index (χ0n) is 12.3. The van der Waals surface area contributed by atoms with Gasteiger partial charge in [0.2, 0.25) is 0 Å². The molecule has 0 unspecified atom stereocenters. The second kappa shape index (κ2) is 8.17. The second-order valence-corrected chi connectivity index (χ2v) is 6.56. The number of carboxylic acids is 1. The maximum Gasteiger partial charge on any atom is 0.407 e. The highest BCUT2D eigenvalue weighted by Crippen LogP contribution is 2.28. The number of rotatable bonds is 5. The number of aliphatic carboxylic acids is 1. The van der Waals surface area contributed by atoms with Crippen molar-refractivity contribution in [1.29, 1.82) is 0 Å². The number of alkyl carbamates (subject to hydrolysis) is 1. The van der Waals surface area contributed by atoms with Crippen molar-refractivity contribution in [2.24, 2.45) is 11.8 Å². The molecule has 1 aliphatic carbocycles. The van der Waals surface area contributed by atoms with Gasteiger partial charge in [-0.1, -0.05) is 28.1 Å². The molecular formula is C16H20BrNO4. The van der Waals surface area contributed by atoms with Crippen LogP contribution in [-0.2, 0) is 16.1 Å². The SMILES string of the molecule is O=C(NCC1CCC(C(=O)O)CC1)OCc1ccc(Br)cc1. The summed E-state index contributed by atoms with van der Waals surface area (Å²) in [5, 5.41) is 11.7. The molecule has 0 atom stereocenters. The topological polar surface area (TPSA) is 75.6 Å². The smallest absolute Gasteiger partial charge is 0.407 e. The van der Waals surface area contributed by atoms with Gasteiger partial charge in [0.25, 0.3) is 0 Å². The van der Waals surface area contributed by atoms with E-state index in [2.05, 4.69) is 21.2 Å². The molecule has 5 nitrogen and oxygen atoms in total. The van der Waals surface area contributed by atoms with E-state index >= 15 is 0 Å². The molecular weight excluding hydrogens is 350 g/mol. The van der Waals surface area contributed by atoms with Crippen LogP contribution in [0.2, 0.25) is 0 Å². The highest BCUT2D eigenvalue weighted by atomic mass is 79.9. The fourth-order valence-electron chi connectivity index (χ4n) is 2.62. The van der Waals surface area contributed by atoms with E-state index < -0.39 is 12.1 Å². The Hall–Kier alpha value is -1.56. The van der Waals surface area contributed by atoms with Crippen LogP contribution in [-0.4, -0.2) is 23.7 Å². The Morgan fingerprint density at radius 2 is 1.82 bits per heavy atom. The predicted molar refractivity (Wildman–Crippen MR) is 85.4 cm³/mol. The Kier molecular flexibility index (Phi) is 6.24. The summed E-state index contributed by atoms with van der Waals surface area (Å²) >= 11 is 3.35. The normalized spacial score (nSPS) is 21.1. The Bertz CT molecular complexity index is 509. The molecule has 0 radical (unpaired) electrons. The first-order chi connectivity index (χ1) is 10.5. The molecule has 0 aromatic heterocycles. The first-order valence-corrected chi connectivity index (χ1v) is 8.22. The number of carbonyl (C=O) groups is 2. The van der Waals surface area contributed by atoms with Crippen molar-refractivity contribution in [3.05, 3.63) is 34.3 Å². The van der Waals surface area contributed by atoms with Gasteiger partial charge in [0, 0.05) is 11.0 Å². The van der Waals surface area contributed by atoms with Crippen molar-refractivity contribution in [3.63, 3.8) is 0 Å². The van der Waals surface area contributed by atoms with E-state index in [1.54, 1.807) is 0 Å². The quantitative estimate of drug-likeness (QED) is 0.831. The van der Waals surface area contributed by atoms with E-state index in [0.29, 0.717) is 25.3 Å². The van der Waals surface area contributed by atoms with E-state index in [0.717, 1.165) is 22.9 Å². The fourth-order valence-corrected chi connectivity index (χ4v) is 2.89. The summed E-state index contributed by atoms with van der Waals surface area (Å²) in [7, 11) is 0. The lowest BCUT2D eigenvalue weighted by atomic mass is 9.82. The highest BCUT2D eigenvalue weighted by Gasteiger charge is 2.26. The lowest BCUT2D eigenvalue weighted by Gasteiger charge is -2.25. The van der Waals surface area contributed by atoms with Crippen LogP contribution in [0.3, 0.4) is 0 Å². The molecule has 2 rings (SSSR count). The molecule has 1 saturated carbocycles. The maximum absolute atomic E-state index is 11.7. The monoisotopic (exact) mass is 369 g/mol. The lowest BCUT2D eigenvalue weighted by Crippen LogP contribution is -2.32. The number of carbonyl (C=O) groups excluding carboxylic acids is 1. The highest BCUT2D eigenvalue weighted by molar-refractivity contribution is 9.10. The van der Waals surface area contributed by atoms with Gasteiger partial charge in [-0.3, -0.25) is 4.79 Å². The van der Waals surface area contributed by atoms with Crippen molar-refractivity contribution in [2.45, 2.75) is 32.3 Å². The minimum Gasteiger partial charge on any atom is -0.481 e. The van der Waals surface area contributed by atoms with E-state index in [9.17, 15) is 9.59 Å². The van der Waals surface area contributed by atoms with Crippen LogP contribution in [0, 0.1) is 11.8 Å². The number of carboxylic acid groups (broad SMARTS) is 1. The number of halogens is 1. The van der Waals surface area contributed by atoms with Crippen LogP contribution in [0.15, 0.2) is 28.7 Å². The van der Waals surface area contributed by atoms with Crippen LogP contribution in [0.4, 0.5) is 4.79 Å². The largest absolute Gasteiger partial charge is 0.481 e. The number of ether oxygens (including phenoxy) is 1. The van der Waals surface area contributed by atoms with Gasteiger partial charge in [-0.05, 0) is 49.3 Å². The number of benzene rings is 1. The third-order valence-corrected chi connectivity index (χ3v) is 4.54. The minimum absolute atomic E-state index is 0.222. The van der Waals surface area contributed by atoms with Crippen LogP contribution >= 0.6 is 15.9 Å². The molecule has 6 heteroatoms. The summed E-state index contributed by atoms with van der Waals surface area (Å²) < 4.78 is 6.14. The predicted octanol–water partition coefficient (Wildman–Crippen LogP) is 3.57. The molecule has 120 valence electrons. The molecule has 1 amide bonds. The molecule has 1 aromatic rings. The summed E-state index contributed by atoms with van der Waals surface area (Å²) in [4.78, 5) is 22.5. The first-order valence-electron chi connectivity index (χ1n) is 7.42. The van der Waals surface area contributed by atoms with Crippen molar-refractivity contribution >= 4 is 28.0 Å². The summed E-state index contributed by atoms with van der Waals surface area (Å²) in [5.41, 5.74) is 0.931. The minimum atomic E-state index is -0.708. The standard InChI is InChI=1S/C16H20BrNO4/c17-14-7-3-12(4-8-14)10-22-16(21)18-9-11-1-5-13(6-2-11)15(19)20/h3-4,7-8,11,13H,1-2,5-6,9-10H2,(H,18,21)(H,19,20). The van der Waals surface area contributed by atoms with E-state index in [1.165, 1.54) is 0 Å². The third kappa shape index (κ3) is 5.33. The average molecular weight is 370 g/mol. The molecule has 1 fully saturated rings. The molecule has 0 spiro atoms. The first kappa shape index (κ1) is 16.8. The van der Waals surface area contributed by atoms with Gasteiger partial charge in [0.15, 0.2) is 0 Å². The Morgan fingerprint density at radius 3 is 2.41 bits per heavy atom. The Morgan fingerprint density at radius 1 is 1.18 bits per heavy atom. The van der Waals surface area contributed by atoms with Crippen molar-refractivity contribution in [2.75, 3.05) is 6.54 Å². The van der Waals surface area contributed by atoms with Crippen LogP contribution < -0.4 is 5.32 Å². The van der Waals surface area contributed by atoms with E-state index in [-0.39, 0.29) is 12.5 Å². The lowest BCUT2D eigenvalue weighted by molar-refractivity contribution is -0.143. The zero-order valence-corrected chi connectivity index (χ0v) is 13.8. The van der Waals surface area contributed by atoms with E-state index in [1.807, 2.05) is 24.3 Å². The van der Waals surface area contributed by atoms with Crippen molar-refractivity contribution in [1.82, 2.24) is 5.32 Å². The van der Waals surface area contributed by atoms with Gasteiger partial charge >= 0.3 is 12.1 Å². The van der Waals surface area contributed by atoms with Crippen LogP contribution in [0.1, 0.15) is 31.2 Å². The summed E-state index contributed by atoms with van der Waals surface area (Å²) in [5.74, 6) is -0.586. The Balaban J connectivity index is 1.64. The van der Waals surface area contributed by atoms with Crippen molar-refractivity contribution in [3.8, 4) is 0 Å². The maximum atomic E-state index is 11.7. The van der Waals surface area contributed by atoms with Gasteiger partial charge in [-0.25, -0.2) is 4.79 Å². The zero-order chi connectivity index (χ0) is 15.9. The van der Waals surface area contributed by atoms with Gasteiger partial charge in [-0.2, -0.15) is 0 Å². The van der Waals surface area contributed by atoms with Crippen LogP contribution in [0.25, 0.3) is 0 Å². The summed E-state index contributed by atoms with van der Waals surface area (Å²) in [6, 6.07) is 7.59. The van der Waals surface area contributed by atoms with Crippen molar-refractivity contribution < 1.29 is 19.4 Å². The molecule has 0 bridgehead atoms. The molecule has 22 heavy (non-hydrogen) atoms. The molecule has 0 heterocycles. The average Bonchev–Trinajstić information content (AvgIpc) is 2.52. The van der Waals surface area contributed by atoms with Gasteiger partial charge in [0.1, 0.15) is 6.61 Å². The molecule has 1 aliphatic rings. The van der Waals surface area contributed by atoms with Gasteiger partial charge in [0.05, 0.1) is 5.92 Å². The Labute approximate surface area is 138 Å². The third-order valence-electron chi connectivity index (χ3n) is 4.01. The fraction of sp³-hybridized carbons (Fsp3) is 0.500. The van der Waals surface area contributed by atoms with Gasteiger partial charge in [-0.15, -0.1) is 0 Å². The molecule has 0 aliphatic heterocycles. The van der Waals surface area contributed by atoms with Gasteiger partial charge < -0.3 is 15.2 Å². The molecule has 2 N–H and O–H groups in total. The number of hydrogen-bond donors (Lipinski definition) is 2. The summed E-state index contributed by atoms with van der Waals surface area (Å²) in [6.45, 7) is 0.788. The molecule has 1 aromatic carbocycles.